The lowest BCUT2D eigenvalue weighted by Crippen LogP contribution is -2.48. The molecule has 0 fully saturated rings. The number of hydrogen-bond acceptors (Lipinski definition) is 4. The van der Waals surface area contributed by atoms with Crippen LogP contribution in [0.5, 0.6) is 0 Å². The van der Waals surface area contributed by atoms with Gasteiger partial charge in [0.25, 0.3) is 0 Å². The zero-order valence-electron chi connectivity index (χ0n) is 13.1. The van der Waals surface area contributed by atoms with Crippen molar-refractivity contribution in [3.63, 3.8) is 0 Å². The van der Waals surface area contributed by atoms with E-state index in [0.29, 0.717) is 13.2 Å². The standard InChI is InChI=1S/C16H26N2O2/c1-6-20-16(19)15(17-12(2)3)11-18(5)14-9-7-8-13(4)10-14/h7-10,12,15,17H,6,11H2,1-5H3. The van der Waals surface area contributed by atoms with E-state index in [0.717, 1.165) is 5.69 Å². The number of carbonyl (C=O) groups is 1. The van der Waals surface area contributed by atoms with Crippen LogP contribution in [0, 0.1) is 6.92 Å². The van der Waals surface area contributed by atoms with Gasteiger partial charge in [0.2, 0.25) is 0 Å². The van der Waals surface area contributed by atoms with E-state index >= 15 is 0 Å². The molecule has 4 nitrogen and oxygen atoms in total. The van der Waals surface area contributed by atoms with Crippen LogP contribution in [0.15, 0.2) is 24.3 Å². The Hall–Kier alpha value is -1.55. The second-order valence-corrected chi connectivity index (χ2v) is 5.35. The van der Waals surface area contributed by atoms with Crippen molar-refractivity contribution < 1.29 is 9.53 Å². The van der Waals surface area contributed by atoms with Crippen molar-refractivity contribution in [2.75, 3.05) is 25.1 Å². The molecule has 0 radical (unpaired) electrons. The van der Waals surface area contributed by atoms with Crippen molar-refractivity contribution in [2.45, 2.75) is 39.8 Å². The number of rotatable bonds is 7. The van der Waals surface area contributed by atoms with Gasteiger partial charge in [-0.1, -0.05) is 26.0 Å². The Labute approximate surface area is 122 Å². The SMILES string of the molecule is CCOC(=O)C(CN(C)c1cccc(C)c1)NC(C)C. The quantitative estimate of drug-likeness (QED) is 0.777. The molecular weight excluding hydrogens is 252 g/mol. The first-order valence-corrected chi connectivity index (χ1v) is 7.14. The van der Waals surface area contributed by atoms with Crippen LogP contribution in [0.25, 0.3) is 0 Å². The third kappa shape index (κ3) is 5.21. The fourth-order valence-electron chi connectivity index (χ4n) is 2.09. The Balaban J connectivity index is 2.75. The van der Waals surface area contributed by atoms with Crippen LogP contribution in [-0.4, -0.2) is 38.3 Å². The van der Waals surface area contributed by atoms with Crippen LogP contribution < -0.4 is 10.2 Å². The van der Waals surface area contributed by atoms with Gasteiger partial charge in [-0.05, 0) is 31.5 Å². The Morgan fingerprint density at radius 1 is 1.40 bits per heavy atom. The third-order valence-corrected chi connectivity index (χ3v) is 3.00. The summed E-state index contributed by atoms with van der Waals surface area (Å²) in [6.07, 6.45) is 0. The summed E-state index contributed by atoms with van der Waals surface area (Å²) in [4.78, 5) is 14.1. The van der Waals surface area contributed by atoms with Gasteiger partial charge in [-0.25, -0.2) is 0 Å². The van der Waals surface area contributed by atoms with Crippen molar-refractivity contribution in [1.29, 1.82) is 0 Å². The summed E-state index contributed by atoms with van der Waals surface area (Å²) in [5.74, 6) is -0.194. The van der Waals surface area contributed by atoms with Gasteiger partial charge in [0.05, 0.1) is 6.61 Å². The second-order valence-electron chi connectivity index (χ2n) is 5.35. The van der Waals surface area contributed by atoms with Crippen LogP contribution in [-0.2, 0) is 9.53 Å². The number of likely N-dealkylation sites (N-methyl/N-ethyl adjacent to an activating group) is 1. The molecule has 0 heterocycles. The van der Waals surface area contributed by atoms with Gasteiger partial charge in [-0.3, -0.25) is 4.79 Å². The van der Waals surface area contributed by atoms with E-state index in [4.69, 9.17) is 4.74 Å². The largest absolute Gasteiger partial charge is 0.465 e. The third-order valence-electron chi connectivity index (χ3n) is 3.00. The molecule has 0 amide bonds. The number of hydrogen-bond donors (Lipinski definition) is 1. The Morgan fingerprint density at radius 2 is 2.10 bits per heavy atom. The first-order valence-electron chi connectivity index (χ1n) is 7.14. The molecule has 112 valence electrons. The van der Waals surface area contributed by atoms with Gasteiger partial charge in [-0.15, -0.1) is 0 Å². The lowest BCUT2D eigenvalue weighted by atomic mass is 10.2. The van der Waals surface area contributed by atoms with E-state index in [1.165, 1.54) is 5.56 Å². The van der Waals surface area contributed by atoms with Crippen LogP contribution in [0.2, 0.25) is 0 Å². The van der Waals surface area contributed by atoms with E-state index < -0.39 is 0 Å². The molecule has 1 aromatic rings. The summed E-state index contributed by atoms with van der Waals surface area (Å²) in [5, 5.41) is 3.26. The average molecular weight is 278 g/mol. The second kappa shape index (κ2) is 7.90. The number of esters is 1. The number of anilines is 1. The van der Waals surface area contributed by atoms with E-state index in [-0.39, 0.29) is 18.1 Å². The van der Waals surface area contributed by atoms with E-state index in [2.05, 4.69) is 29.3 Å². The van der Waals surface area contributed by atoms with Gasteiger partial charge in [0.15, 0.2) is 0 Å². The lowest BCUT2D eigenvalue weighted by molar-refractivity contribution is -0.145. The molecule has 0 aliphatic rings. The zero-order chi connectivity index (χ0) is 15.1. The molecule has 20 heavy (non-hydrogen) atoms. The Bertz CT molecular complexity index is 432. The minimum atomic E-state index is -0.319. The summed E-state index contributed by atoms with van der Waals surface area (Å²) in [6, 6.07) is 8.15. The molecule has 1 unspecified atom stereocenters. The Morgan fingerprint density at radius 3 is 2.65 bits per heavy atom. The molecular formula is C16H26N2O2. The molecule has 4 heteroatoms. The maximum Gasteiger partial charge on any atom is 0.324 e. The van der Waals surface area contributed by atoms with Gasteiger partial charge >= 0.3 is 5.97 Å². The molecule has 0 saturated carbocycles. The van der Waals surface area contributed by atoms with Crippen LogP contribution >= 0.6 is 0 Å². The predicted molar refractivity (Wildman–Crippen MR) is 83.1 cm³/mol. The van der Waals surface area contributed by atoms with E-state index in [9.17, 15) is 4.79 Å². The smallest absolute Gasteiger partial charge is 0.324 e. The van der Waals surface area contributed by atoms with Crippen molar-refractivity contribution in [3.8, 4) is 0 Å². The number of aryl methyl sites for hydroxylation is 1. The number of carbonyl (C=O) groups excluding carboxylic acids is 1. The first kappa shape index (κ1) is 16.5. The Kier molecular flexibility index (Phi) is 6.52. The van der Waals surface area contributed by atoms with Crippen molar-refractivity contribution in [2.24, 2.45) is 0 Å². The van der Waals surface area contributed by atoms with Gasteiger partial charge in [-0.2, -0.15) is 0 Å². The zero-order valence-corrected chi connectivity index (χ0v) is 13.1. The maximum absolute atomic E-state index is 12.0. The molecule has 0 aliphatic heterocycles. The molecule has 1 aromatic carbocycles. The molecule has 0 saturated heterocycles. The monoisotopic (exact) mass is 278 g/mol. The highest BCUT2D eigenvalue weighted by atomic mass is 16.5. The first-order chi connectivity index (χ1) is 9.43. The average Bonchev–Trinajstić information content (AvgIpc) is 2.37. The summed E-state index contributed by atoms with van der Waals surface area (Å²) < 4.78 is 5.14. The van der Waals surface area contributed by atoms with Crippen molar-refractivity contribution >= 4 is 11.7 Å². The molecule has 0 aromatic heterocycles. The number of nitrogens with one attached hydrogen (secondary N) is 1. The summed E-state index contributed by atoms with van der Waals surface area (Å²) in [5.41, 5.74) is 2.31. The highest BCUT2D eigenvalue weighted by Crippen LogP contribution is 2.14. The van der Waals surface area contributed by atoms with E-state index in [1.54, 1.807) is 0 Å². The fourth-order valence-corrected chi connectivity index (χ4v) is 2.09. The molecule has 1 rings (SSSR count). The summed E-state index contributed by atoms with van der Waals surface area (Å²) in [6.45, 7) is 8.93. The van der Waals surface area contributed by atoms with Crippen molar-refractivity contribution in [1.82, 2.24) is 5.32 Å². The minimum Gasteiger partial charge on any atom is -0.465 e. The maximum atomic E-state index is 12.0. The molecule has 0 bridgehead atoms. The van der Waals surface area contributed by atoms with Crippen molar-refractivity contribution in [3.05, 3.63) is 29.8 Å². The normalized spacial score (nSPS) is 12.3. The van der Waals surface area contributed by atoms with Gasteiger partial charge < -0.3 is 15.0 Å². The molecule has 1 N–H and O–H groups in total. The summed E-state index contributed by atoms with van der Waals surface area (Å²) in [7, 11) is 1.99. The number of nitrogens with zero attached hydrogens (tertiary/aromatic N) is 1. The molecule has 0 spiro atoms. The molecule has 0 aliphatic carbocycles. The molecule has 1 atom stereocenters. The van der Waals surface area contributed by atoms with Gasteiger partial charge in [0, 0.05) is 25.3 Å². The van der Waals surface area contributed by atoms with Crippen LogP contribution in [0.4, 0.5) is 5.69 Å². The fraction of sp³-hybridized carbons (Fsp3) is 0.562. The topological polar surface area (TPSA) is 41.6 Å². The number of ether oxygens (including phenoxy) is 1. The summed E-state index contributed by atoms with van der Waals surface area (Å²) >= 11 is 0. The van der Waals surface area contributed by atoms with E-state index in [1.807, 2.05) is 40.0 Å². The van der Waals surface area contributed by atoms with Crippen LogP contribution in [0.3, 0.4) is 0 Å². The van der Waals surface area contributed by atoms with Crippen LogP contribution in [0.1, 0.15) is 26.3 Å². The highest BCUT2D eigenvalue weighted by Gasteiger charge is 2.22. The lowest BCUT2D eigenvalue weighted by Gasteiger charge is -2.27. The van der Waals surface area contributed by atoms with Gasteiger partial charge in [0.1, 0.15) is 6.04 Å². The predicted octanol–water partition coefficient (Wildman–Crippen LogP) is 2.36. The number of benzene rings is 1. The highest BCUT2D eigenvalue weighted by molar-refractivity contribution is 5.76. The minimum absolute atomic E-state index is 0.194.